The van der Waals surface area contributed by atoms with Gasteiger partial charge in [0.1, 0.15) is 0 Å². The minimum Gasteiger partial charge on any atom is -0.341 e. The fraction of sp³-hybridized carbons (Fsp3) is 0.579. The van der Waals surface area contributed by atoms with E-state index in [-0.39, 0.29) is 17.7 Å². The summed E-state index contributed by atoms with van der Waals surface area (Å²) < 4.78 is 0. The molecular weight excluding hydrogens is 302 g/mol. The number of piperidine rings is 1. The maximum absolute atomic E-state index is 12.7. The molecule has 0 aliphatic carbocycles. The van der Waals surface area contributed by atoms with E-state index in [1.165, 1.54) is 0 Å². The fourth-order valence-corrected chi connectivity index (χ4v) is 3.63. The summed E-state index contributed by atoms with van der Waals surface area (Å²) in [7, 11) is 0. The van der Waals surface area contributed by atoms with E-state index in [0.717, 1.165) is 56.6 Å². The summed E-state index contributed by atoms with van der Waals surface area (Å²) >= 11 is 0. The van der Waals surface area contributed by atoms with Crippen molar-refractivity contribution in [2.45, 2.75) is 26.2 Å². The van der Waals surface area contributed by atoms with E-state index in [4.69, 9.17) is 0 Å². The molecule has 2 aliphatic rings. The van der Waals surface area contributed by atoms with Crippen LogP contribution in [-0.2, 0) is 4.79 Å². The first kappa shape index (κ1) is 17.0. The molecule has 0 aromatic heterocycles. The Balaban J connectivity index is 1.60. The third-order valence-corrected chi connectivity index (χ3v) is 5.05. The monoisotopic (exact) mass is 329 g/mol. The summed E-state index contributed by atoms with van der Waals surface area (Å²) in [4.78, 5) is 29.3. The molecule has 3 rings (SSSR count). The first-order valence-corrected chi connectivity index (χ1v) is 9.00. The van der Waals surface area contributed by atoms with Crippen LogP contribution >= 0.6 is 0 Å². The Morgan fingerprint density at radius 3 is 2.50 bits per heavy atom. The third kappa shape index (κ3) is 3.96. The highest BCUT2D eigenvalue weighted by Gasteiger charge is 2.28. The Bertz CT molecular complexity index is 596. The van der Waals surface area contributed by atoms with Gasteiger partial charge in [0.25, 0.3) is 5.91 Å². The second kappa shape index (κ2) is 7.79. The maximum atomic E-state index is 12.7. The average Bonchev–Trinajstić information content (AvgIpc) is 2.87. The number of nitrogens with one attached hydrogen (secondary N) is 1. The van der Waals surface area contributed by atoms with Gasteiger partial charge in [0.2, 0.25) is 5.91 Å². The van der Waals surface area contributed by atoms with Gasteiger partial charge >= 0.3 is 0 Å². The molecule has 24 heavy (non-hydrogen) atoms. The number of nitrogens with zero attached hydrogens (tertiary/aromatic N) is 2. The van der Waals surface area contributed by atoms with Crippen LogP contribution in [-0.4, -0.2) is 60.9 Å². The molecule has 2 heterocycles. The van der Waals surface area contributed by atoms with Crippen LogP contribution in [0, 0.1) is 12.8 Å². The number of aryl methyl sites for hydroxylation is 1. The van der Waals surface area contributed by atoms with Crippen molar-refractivity contribution in [1.82, 2.24) is 15.1 Å². The molecule has 0 saturated carbocycles. The molecule has 0 atom stereocenters. The van der Waals surface area contributed by atoms with Gasteiger partial charge in [-0.15, -0.1) is 0 Å². The van der Waals surface area contributed by atoms with Crippen LogP contribution in [0.15, 0.2) is 24.3 Å². The van der Waals surface area contributed by atoms with Gasteiger partial charge in [0, 0.05) is 37.7 Å². The van der Waals surface area contributed by atoms with Gasteiger partial charge in [0.05, 0.1) is 0 Å². The quantitative estimate of drug-likeness (QED) is 0.898. The summed E-state index contributed by atoms with van der Waals surface area (Å²) in [5.74, 6) is 0.515. The van der Waals surface area contributed by atoms with E-state index in [9.17, 15) is 9.59 Å². The van der Waals surface area contributed by atoms with E-state index >= 15 is 0 Å². The van der Waals surface area contributed by atoms with Crippen molar-refractivity contribution in [3.63, 3.8) is 0 Å². The van der Waals surface area contributed by atoms with Crippen molar-refractivity contribution >= 4 is 11.8 Å². The van der Waals surface area contributed by atoms with Gasteiger partial charge < -0.3 is 15.1 Å². The van der Waals surface area contributed by atoms with Crippen molar-refractivity contribution < 1.29 is 9.59 Å². The molecule has 0 radical (unpaired) electrons. The van der Waals surface area contributed by atoms with E-state index in [2.05, 4.69) is 5.32 Å². The standard InChI is InChI=1S/C19H27N3O2/c1-15-4-2-5-17(14-15)19(24)22-11-3-10-21(12-13-22)18(23)16-6-8-20-9-7-16/h2,4-5,14,16,20H,3,6-13H2,1H3. The first-order valence-electron chi connectivity index (χ1n) is 9.00. The summed E-state index contributed by atoms with van der Waals surface area (Å²) in [5, 5.41) is 3.31. The highest BCUT2D eigenvalue weighted by atomic mass is 16.2. The van der Waals surface area contributed by atoms with Crippen LogP contribution in [0.1, 0.15) is 35.2 Å². The smallest absolute Gasteiger partial charge is 0.253 e. The van der Waals surface area contributed by atoms with Gasteiger partial charge in [-0.05, 0) is 51.4 Å². The van der Waals surface area contributed by atoms with Gasteiger partial charge in [-0.2, -0.15) is 0 Å². The second-order valence-corrected chi connectivity index (χ2v) is 6.86. The number of hydrogen-bond donors (Lipinski definition) is 1. The van der Waals surface area contributed by atoms with E-state index in [0.29, 0.717) is 13.1 Å². The lowest BCUT2D eigenvalue weighted by molar-refractivity contribution is -0.136. The van der Waals surface area contributed by atoms with Crippen molar-refractivity contribution in [1.29, 1.82) is 0 Å². The topological polar surface area (TPSA) is 52.7 Å². The Labute approximate surface area is 144 Å². The van der Waals surface area contributed by atoms with Gasteiger partial charge in [-0.25, -0.2) is 0 Å². The molecule has 0 spiro atoms. The Morgan fingerprint density at radius 1 is 1.04 bits per heavy atom. The number of carbonyl (C=O) groups is 2. The highest BCUT2D eigenvalue weighted by Crippen LogP contribution is 2.17. The summed E-state index contributed by atoms with van der Waals surface area (Å²) in [6.07, 6.45) is 2.72. The Hall–Kier alpha value is -1.88. The molecule has 2 fully saturated rings. The highest BCUT2D eigenvalue weighted by molar-refractivity contribution is 5.94. The van der Waals surface area contributed by atoms with Gasteiger partial charge in [-0.1, -0.05) is 17.7 Å². The Kier molecular flexibility index (Phi) is 5.51. The molecule has 0 bridgehead atoms. The van der Waals surface area contributed by atoms with Crippen LogP contribution in [0.4, 0.5) is 0 Å². The van der Waals surface area contributed by atoms with Crippen LogP contribution in [0.3, 0.4) is 0 Å². The van der Waals surface area contributed by atoms with E-state index in [1.54, 1.807) is 0 Å². The average molecular weight is 329 g/mol. The zero-order valence-electron chi connectivity index (χ0n) is 14.5. The summed E-state index contributed by atoms with van der Waals surface area (Å²) in [5.41, 5.74) is 1.84. The number of benzene rings is 1. The minimum atomic E-state index is 0.0786. The SMILES string of the molecule is Cc1cccc(C(=O)N2CCCN(C(=O)C3CCNCC3)CC2)c1. The lowest BCUT2D eigenvalue weighted by Crippen LogP contribution is -2.43. The van der Waals surface area contributed by atoms with Crippen molar-refractivity contribution in [3.8, 4) is 0 Å². The maximum Gasteiger partial charge on any atom is 0.253 e. The van der Waals surface area contributed by atoms with Gasteiger partial charge in [-0.3, -0.25) is 9.59 Å². The first-order chi connectivity index (χ1) is 11.6. The predicted molar refractivity (Wildman–Crippen MR) is 93.9 cm³/mol. The molecule has 2 aliphatic heterocycles. The molecule has 1 aromatic rings. The molecule has 5 nitrogen and oxygen atoms in total. The lowest BCUT2D eigenvalue weighted by atomic mass is 9.96. The van der Waals surface area contributed by atoms with Crippen LogP contribution in [0.5, 0.6) is 0 Å². The molecule has 1 N–H and O–H groups in total. The fourth-order valence-electron chi connectivity index (χ4n) is 3.63. The normalized spacial score (nSPS) is 19.9. The molecular formula is C19H27N3O2. The second-order valence-electron chi connectivity index (χ2n) is 6.86. The predicted octanol–water partition coefficient (Wildman–Crippen LogP) is 1.67. The summed E-state index contributed by atoms with van der Waals surface area (Å²) in [6.45, 7) is 6.63. The van der Waals surface area contributed by atoms with Crippen molar-refractivity contribution in [2.24, 2.45) is 5.92 Å². The Morgan fingerprint density at radius 2 is 1.75 bits per heavy atom. The number of hydrogen-bond acceptors (Lipinski definition) is 3. The third-order valence-electron chi connectivity index (χ3n) is 5.05. The molecule has 1 aromatic carbocycles. The van der Waals surface area contributed by atoms with Crippen LogP contribution in [0.25, 0.3) is 0 Å². The van der Waals surface area contributed by atoms with Crippen molar-refractivity contribution in [2.75, 3.05) is 39.3 Å². The minimum absolute atomic E-state index is 0.0786. The number of rotatable bonds is 2. The molecule has 5 heteroatoms. The number of amides is 2. The molecule has 0 unspecified atom stereocenters. The largest absolute Gasteiger partial charge is 0.341 e. The van der Waals surface area contributed by atoms with Crippen LogP contribution < -0.4 is 5.32 Å². The number of carbonyl (C=O) groups excluding carboxylic acids is 2. The molecule has 2 saturated heterocycles. The molecule has 130 valence electrons. The lowest BCUT2D eigenvalue weighted by Gasteiger charge is -2.28. The summed E-state index contributed by atoms with van der Waals surface area (Å²) in [6, 6.07) is 7.73. The van der Waals surface area contributed by atoms with Crippen molar-refractivity contribution in [3.05, 3.63) is 35.4 Å². The molecule has 2 amide bonds. The van der Waals surface area contributed by atoms with Crippen LogP contribution in [0.2, 0.25) is 0 Å². The van der Waals surface area contributed by atoms with E-state index in [1.807, 2.05) is 41.0 Å². The van der Waals surface area contributed by atoms with E-state index < -0.39 is 0 Å². The zero-order valence-corrected chi connectivity index (χ0v) is 14.5. The van der Waals surface area contributed by atoms with Gasteiger partial charge in [0.15, 0.2) is 0 Å². The zero-order chi connectivity index (χ0) is 16.9.